The number of carbonyl (C=O) groups excluding carboxylic acids is 1. The van der Waals surface area contributed by atoms with E-state index in [1.54, 1.807) is 0 Å². The summed E-state index contributed by atoms with van der Waals surface area (Å²) in [7, 11) is 0. The molecule has 6 nitrogen and oxygen atoms in total. The van der Waals surface area contributed by atoms with Crippen LogP contribution in [0.4, 0.5) is 11.5 Å². The van der Waals surface area contributed by atoms with E-state index in [1.807, 2.05) is 46.0 Å². The first-order valence-corrected chi connectivity index (χ1v) is 14.7. The van der Waals surface area contributed by atoms with Crippen LogP contribution >= 0.6 is 11.6 Å². The van der Waals surface area contributed by atoms with Gasteiger partial charge in [0.15, 0.2) is 0 Å². The maximum atomic E-state index is 13.8. The van der Waals surface area contributed by atoms with Crippen molar-refractivity contribution in [2.45, 2.75) is 66.3 Å². The Morgan fingerprint density at radius 1 is 1.05 bits per heavy atom. The smallest absolute Gasteiger partial charge is 0.233 e. The fourth-order valence-corrected chi connectivity index (χ4v) is 8.52. The van der Waals surface area contributed by atoms with Gasteiger partial charge in [-0.1, -0.05) is 78.4 Å². The maximum Gasteiger partial charge on any atom is 0.233 e. The number of allylic oxidation sites excluding steroid dienone is 1. The Bertz CT molecular complexity index is 1550. The van der Waals surface area contributed by atoms with Gasteiger partial charge in [-0.25, -0.2) is 4.68 Å². The van der Waals surface area contributed by atoms with Crippen LogP contribution in [0.1, 0.15) is 65.6 Å². The number of nitrogens with one attached hydrogen (secondary N) is 2. The number of benzene rings is 2. The van der Waals surface area contributed by atoms with Crippen LogP contribution in [0.5, 0.6) is 0 Å². The second-order valence-electron chi connectivity index (χ2n) is 14.1. The second-order valence-corrected chi connectivity index (χ2v) is 14.5. The summed E-state index contributed by atoms with van der Waals surface area (Å²) in [6.45, 7) is 22.4. The van der Waals surface area contributed by atoms with Gasteiger partial charge in [-0.3, -0.25) is 4.79 Å². The molecular formula is C34H40ClN5O. The zero-order valence-electron chi connectivity index (χ0n) is 24.9. The summed E-state index contributed by atoms with van der Waals surface area (Å²) < 4.78 is 1.91. The first-order chi connectivity index (χ1) is 19.1. The van der Waals surface area contributed by atoms with Crippen LogP contribution in [-0.4, -0.2) is 20.6 Å². The number of hydrogen-bond donors (Lipinski definition) is 2. The first-order valence-electron chi connectivity index (χ1n) is 14.3. The minimum Gasteiger partial charge on any atom is -0.342 e. The molecule has 2 N–H and O–H groups in total. The highest BCUT2D eigenvalue weighted by Crippen LogP contribution is 2.81. The van der Waals surface area contributed by atoms with Crippen LogP contribution in [0.15, 0.2) is 79.3 Å². The normalized spacial score (nSPS) is 28.5. The lowest BCUT2D eigenvalue weighted by atomic mass is 9.27. The third-order valence-corrected chi connectivity index (χ3v) is 9.88. The van der Waals surface area contributed by atoms with Crippen molar-refractivity contribution in [1.82, 2.24) is 14.7 Å². The highest BCUT2D eigenvalue weighted by atomic mass is 35.5. The van der Waals surface area contributed by atoms with Gasteiger partial charge in [-0.2, -0.15) is 5.10 Å². The maximum absolute atomic E-state index is 13.8. The van der Waals surface area contributed by atoms with Gasteiger partial charge in [0.2, 0.25) is 5.91 Å². The Morgan fingerprint density at radius 2 is 1.73 bits per heavy atom. The number of piperidine rings is 1. The quantitative estimate of drug-likeness (QED) is 0.301. The van der Waals surface area contributed by atoms with E-state index in [9.17, 15) is 4.79 Å². The van der Waals surface area contributed by atoms with E-state index >= 15 is 0 Å². The minimum absolute atomic E-state index is 0.00853. The van der Waals surface area contributed by atoms with Crippen molar-refractivity contribution in [2.75, 3.05) is 10.6 Å². The summed E-state index contributed by atoms with van der Waals surface area (Å²) in [6.07, 6.45) is 2.07. The average Bonchev–Trinajstić information content (AvgIpc) is 3.31. The number of nitrogens with zero attached hydrogens (tertiary/aromatic N) is 3. The number of hydrogen-bond acceptors (Lipinski definition) is 4. The van der Waals surface area contributed by atoms with Crippen molar-refractivity contribution < 1.29 is 4.79 Å². The Hall–Kier alpha value is -3.51. The molecule has 0 bridgehead atoms. The zero-order valence-corrected chi connectivity index (χ0v) is 25.7. The molecule has 0 spiro atoms. The van der Waals surface area contributed by atoms with Gasteiger partial charge in [0.1, 0.15) is 11.6 Å². The van der Waals surface area contributed by atoms with E-state index in [-0.39, 0.29) is 27.6 Å². The SMILES string of the molecule is C=C(Nc1ccc(Cl)cc1)Nc1cc(C(C)(C)C)nn1-c1cccc(CN2C(=C)C3(C)CC4(C)CC(C)(C2=O)C43)c1. The van der Waals surface area contributed by atoms with Crippen LogP contribution in [0.25, 0.3) is 5.69 Å². The van der Waals surface area contributed by atoms with E-state index in [0.29, 0.717) is 23.3 Å². The minimum atomic E-state index is -0.293. The highest BCUT2D eigenvalue weighted by Gasteiger charge is 2.79. The van der Waals surface area contributed by atoms with Gasteiger partial charge in [-0.05, 0) is 66.1 Å². The molecule has 1 aliphatic heterocycles. The van der Waals surface area contributed by atoms with Crippen LogP contribution < -0.4 is 10.6 Å². The molecule has 1 saturated heterocycles. The van der Waals surface area contributed by atoms with E-state index in [4.69, 9.17) is 16.7 Å². The molecule has 6 rings (SSSR count). The van der Waals surface area contributed by atoms with Crippen molar-refractivity contribution >= 4 is 29.0 Å². The molecule has 7 heteroatoms. The summed E-state index contributed by atoms with van der Waals surface area (Å²) in [5.41, 5.74) is 4.58. The van der Waals surface area contributed by atoms with Crippen molar-refractivity contribution in [2.24, 2.45) is 22.2 Å². The summed E-state index contributed by atoms with van der Waals surface area (Å²) in [6, 6.07) is 17.8. The Morgan fingerprint density at radius 3 is 2.39 bits per heavy atom. The Balaban J connectivity index is 1.27. The van der Waals surface area contributed by atoms with Crippen molar-refractivity contribution in [1.29, 1.82) is 0 Å². The fourth-order valence-electron chi connectivity index (χ4n) is 8.40. The van der Waals surface area contributed by atoms with E-state index in [0.717, 1.165) is 47.0 Å². The molecule has 2 saturated carbocycles. The molecule has 214 valence electrons. The lowest BCUT2D eigenvalue weighted by Gasteiger charge is -2.79. The lowest BCUT2D eigenvalue weighted by molar-refractivity contribution is -0.277. The molecule has 1 aromatic heterocycles. The molecule has 3 aromatic rings. The zero-order chi connectivity index (χ0) is 29.5. The van der Waals surface area contributed by atoms with Crippen molar-refractivity contribution in [3.05, 3.63) is 95.6 Å². The van der Waals surface area contributed by atoms with E-state index in [2.05, 4.69) is 83.5 Å². The molecular weight excluding hydrogens is 530 g/mol. The van der Waals surface area contributed by atoms with Crippen LogP contribution in [0.3, 0.4) is 0 Å². The van der Waals surface area contributed by atoms with Crippen LogP contribution in [-0.2, 0) is 16.8 Å². The summed E-state index contributed by atoms with van der Waals surface area (Å²) in [5, 5.41) is 12.4. The largest absolute Gasteiger partial charge is 0.342 e. The molecule has 2 heterocycles. The number of carbonyl (C=O) groups is 1. The lowest BCUT2D eigenvalue weighted by Crippen LogP contribution is -2.77. The highest BCUT2D eigenvalue weighted by molar-refractivity contribution is 6.30. The van der Waals surface area contributed by atoms with E-state index < -0.39 is 0 Å². The van der Waals surface area contributed by atoms with Crippen molar-refractivity contribution in [3.63, 3.8) is 0 Å². The van der Waals surface area contributed by atoms with Gasteiger partial charge in [0.05, 0.1) is 23.3 Å². The van der Waals surface area contributed by atoms with Gasteiger partial charge in [0.25, 0.3) is 0 Å². The molecule has 2 aliphatic carbocycles. The number of likely N-dealkylation sites (tertiary alicyclic amines) is 1. The molecule has 2 aromatic carbocycles. The Kier molecular flexibility index (Phi) is 6.06. The number of rotatable bonds is 7. The third-order valence-electron chi connectivity index (χ3n) is 9.62. The molecule has 4 unspecified atom stereocenters. The van der Waals surface area contributed by atoms with Crippen LogP contribution in [0.2, 0.25) is 5.02 Å². The van der Waals surface area contributed by atoms with Crippen molar-refractivity contribution in [3.8, 4) is 5.69 Å². The summed E-state index contributed by atoms with van der Waals surface area (Å²) >= 11 is 6.04. The fraction of sp³-hybridized carbons (Fsp3) is 0.412. The topological polar surface area (TPSA) is 62.2 Å². The molecule has 1 amide bonds. The second kappa shape index (κ2) is 8.99. The van der Waals surface area contributed by atoms with Crippen LogP contribution in [0, 0.1) is 22.2 Å². The van der Waals surface area contributed by atoms with Gasteiger partial charge in [-0.15, -0.1) is 0 Å². The number of anilines is 2. The molecule has 3 fully saturated rings. The van der Waals surface area contributed by atoms with Gasteiger partial charge >= 0.3 is 0 Å². The van der Waals surface area contributed by atoms with Gasteiger partial charge < -0.3 is 15.5 Å². The summed E-state index contributed by atoms with van der Waals surface area (Å²) in [5.74, 6) is 2.02. The molecule has 41 heavy (non-hydrogen) atoms. The third kappa shape index (κ3) is 4.30. The first kappa shape index (κ1) is 27.6. The summed E-state index contributed by atoms with van der Waals surface area (Å²) in [4.78, 5) is 15.8. The Labute approximate surface area is 248 Å². The van der Waals surface area contributed by atoms with E-state index in [1.165, 1.54) is 0 Å². The molecule has 3 aliphatic rings. The number of halogens is 1. The monoisotopic (exact) mass is 569 g/mol. The standard InChI is InChI=1S/C34H40ClN5O/c1-21-33(7)19-32(6)20-34(8,29(32)33)30(41)39(21)18-23-10-9-11-26(16-23)40-28(17-27(38-40)31(3,4)5)37-22(2)36-25-14-12-24(35)13-15-25/h9-17,29,36-37H,1-2,18-20H2,3-8H3. The van der Waals surface area contributed by atoms with Gasteiger partial charge in [0, 0.05) is 33.3 Å². The average molecular weight is 570 g/mol. The number of amides is 1. The number of aromatic nitrogens is 2. The molecule has 4 atom stereocenters. The molecule has 0 radical (unpaired) electrons. The predicted octanol–water partition coefficient (Wildman–Crippen LogP) is 8.12. The predicted molar refractivity (Wildman–Crippen MR) is 167 cm³/mol.